The Morgan fingerprint density at radius 1 is 1.44 bits per heavy atom. The quantitative estimate of drug-likeness (QED) is 0.879. The fourth-order valence-corrected chi connectivity index (χ4v) is 1.84. The molecule has 0 saturated carbocycles. The lowest BCUT2D eigenvalue weighted by Crippen LogP contribution is -2.11. The summed E-state index contributed by atoms with van der Waals surface area (Å²) in [6.45, 7) is 5.42. The number of rotatable bonds is 5. The molecule has 2 N–H and O–H groups in total. The van der Waals surface area contributed by atoms with Gasteiger partial charge in [-0.1, -0.05) is 17.7 Å². The van der Waals surface area contributed by atoms with Crippen LogP contribution < -0.4 is 10.5 Å². The number of nitrogens with zero attached hydrogens (tertiary/aromatic N) is 2. The largest absolute Gasteiger partial charge is 0.491 e. The van der Waals surface area contributed by atoms with E-state index in [0.717, 1.165) is 17.9 Å². The maximum absolute atomic E-state index is 5.95. The van der Waals surface area contributed by atoms with Gasteiger partial charge in [-0.15, -0.1) is 0 Å². The Balaban J connectivity index is 2.00. The van der Waals surface area contributed by atoms with Crippen LogP contribution in [0.5, 0.6) is 5.75 Å². The van der Waals surface area contributed by atoms with Crippen LogP contribution >= 0.6 is 0 Å². The highest BCUT2D eigenvalue weighted by Gasteiger charge is 2.08. The highest BCUT2D eigenvalue weighted by molar-refractivity contribution is 5.38. The van der Waals surface area contributed by atoms with Crippen molar-refractivity contribution in [1.29, 1.82) is 0 Å². The van der Waals surface area contributed by atoms with Gasteiger partial charge in [-0.25, -0.2) is 4.98 Å². The zero-order chi connectivity index (χ0) is 13.0. The molecule has 0 aliphatic carbocycles. The third kappa shape index (κ3) is 3.11. The summed E-state index contributed by atoms with van der Waals surface area (Å²) in [5, 5.41) is 0. The lowest BCUT2D eigenvalue weighted by molar-refractivity contribution is 0.294. The third-order valence-corrected chi connectivity index (χ3v) is 2.82. The number of imidazole rings is 1. The van der Waals surface area contributed by atoms with Gasteiger partial charge in [-0.05, 0) is 19.9 Å². The Labute approximate surface area is 107 Å². The van der Waals surface area contributed by atoms with Crippen molar-refractivity contribution >= 4 is 0 Å². The molecule has 4 heteroatoms. The molecule has 0 fully saturated rings. The molecule has 0 radical (unpaired) electrons. The van der Waals surface area contributed by atoms with E-state index in [1.807, 2.05) is 29.8 Å². The first-order valence-electron chi connectivity index (χ1n) is 6.11. The smallest absolute Gasteiger partial charge is 0.124 e. The van der Waals surface area contributed by atoms with Gasteiger partial charge >= 0.3 is 0 Å². The standard InChI is InChI=1S/C14H19N3O/c1-11-3-4-14(13(9-11)12(2)15)18-8-7-17-6-5-16-10-17/h3-6,9-10,12H,7-8,15H2,1-2H3/t12-/m1/s1. The summed E-state index contributed by atoms with van der Waals surface area (Å²) in [6.07, 6.45) is 5.47. The number of hydrogen-bond donors (Lipinski definition) is 1. The molecular formula is C14H19N3O. The second-order valence-electron chi connectivity index (χ2n) is 4.48. The summed E-state index contributed by atoms with van der Waals surface area (Å²) >= 11 is 0. The Hall–Kier alpha value is -1.81. The first-order valence-corrected chi connectivity index (χ1v) is 6.11. The van der Waals surface area contributed by atoms with Crippen LogP contribution in [-0.2, 0) is 6.54 Å². The zero-order valence-electron chi connectivity index (χ0n) is 10.8. The molecule has 1 atom stereocenters. The molecule has 1 aromatic heterocycles. The lowest BCUT2D eigenvalue weighted by atomic mass is 10.1. The monoisotopic (exact) mass is 245 g/mol. The molecule has 0 amide bonds. The van der Waals surface area contributed by atoms with Gasteiger partial charge in [0.2, 0.25) is 0 Å². The molecule has 2 rings (SSSR count). The maximum Gasteiger partial charge on any atom is 0.124 e. The highest BCUT2D eigenvalue weighted by Crippen LogP contribution is 2.24. The van der Waals surface area contributed by atoms with E-state index in [4.69, 9.17) is 10.5 Å². The van der Waals surface area contributed by atoms with E-state index in [1.54, 1.807) is 12.5 Å². The van der Waals surface area contributed by atoms with Crippen LogP contribution in [0.3, 0.4) is 0 Å². The van der Waals surface area contributed by atoms with Crippen molar-refractivity contribution in [2.24, 2.45) is 5.73 Å². The molecule has 96 valence electrons. The number of aryl methyl sites for hydroxylation is 1. The number of nitrogens with two attached hydrogens (primary N) is 1. The van der Waals surface area contributed by atoms with Crippen molar-refractivity contribution in [2.45, 2.75) is 26.4 Å². The van der Waals surface area contributed by atoms with Crippen molar-refractivity contribution in [3.8, 4) is 5.75 Å². The van der Waals surface area contributed by atoms with Gasteiger partial charge in [-0.2, -0.15) is 0 Å². The van der Waals surface area contributed by atoms with Gasteiger partial charge in [0.1, 0.15) is 12.4 Å². The molecule has 4 nitrogen and oxygen atoms in total. The first kappa shape index (κ1) is 12.6. The van der Waals surface area contributed by atoms with Gasteiger partial charge in [0.05, 0.1) is 12.9 Å². The summed E-state index contributed by atoms with van der Waals surface area (Å²) in [5.41, 5.74) is 8.21. The topological polar surface area (TPSA) is 53.1 Å². The van der Waals surface area contributed by atoms with Crippen LogP contribution in [0.2, 0.25) is 0 Å². The predicted molar refractivity (Wildman–Crippen MR) is 71.5 cm³/mol. The average Bonchev–Trinajstić information content (AvgIpc) is 2.84. The fourth-order valence-electron chi connectivity index (χ4n) is 1.84. The molecule has 1 aromatic carbocycles. The molecule has 0 aliphatic rings. The molecule has 2 aromatic rings. The summed E-state index contributed by atoms with van der Waals surface area (Å²) in [5.74, 6) is 0.871. The van der Waals surface area contributed by atoms with Crippen molar-refractivity contribution < 1.29 is 4.74 Å². The number of aromatic nitrogens is 2. The molecule has 1 heterocycles. The van der Waals surface area contributed by atoms with E-state index in [0.29, 0.717) is 6.61 Å². The third-order valence-electron chi connectivity index (χ3n) is 2.82. The Bertz CT molecular complexity index is 492. The lowest BCUT2D eigenvalue weighted by Gasteiger charge is -2.15. The minimum absolute atomic E-state index is 0.0202. The summed E-state index contributed by atoms with van der Waals surface area (Å²) in [7, 11) is 0. The molecule has 0 saturated heterocycles. The van der Waals surface area contributed by atoms with Crippen LogP contribution in [0.25, 0.3) is 0 Å². The van der Waals surface area contributed by atoms with E-state index < -0.39 is 0 Å². The van der Waals surface area contributed by atoms with Crippen LogP contribution in [0.15, 0.2) is 36.9 Å². The van der Waals surface area contributed by atoms with Crippen LogP contribution in [-0.4, -0.2) is 16.2 Å². The van der Waals surface area contributed by atoms with Crippen molar-refractivity contribution in [2.75, 3.05) is 6.61 Å². The Kier molecular flexibility index (Phi) is 3.99. The van der Waals surface area contributed by atoms with Gasteiger partial charge < -0.3 is 15.0 Å². The van der Waals surface area contributed by atoms with E-state index in [1.165, 1.54) is 5.56 Å². The van der Waals surface area contributed by atoms with Crippen molar-refractivity contribution in [1.82, 2.24) is 9.55 Å². The molecular weight excluding hydrogens is 226 g/mol. The summed E-state index contributed by atoms with van der Waals surface area (Å²) < 4.78 is 7.78. The Morgan fingerprint density at radius 2 is 2.28 bits per heavy atom. The van der Waals surface area contributed by atoms with E-state index in [-0.39, 0.29) is 6.04 Å². The number of ether oxygens (including phenoxy) is 1. The van der Waals surface area contributed by atoms with Gasteiger partial charge in [0, 0.05) is 24.0 Å². The highest BCUT2D eigenvalue weighted by atomic mass is 16.5. The van der Waals surface area contributed by atoms with Crippen LogP contribution in [0, 0.1) is 6.92 Å². The molecule has 0 unspecified atom stereocenters. The predicted octanol–water partition coefficient (Wildman–Crippen LogP) is 2.29. The molecule has 0 spiro atoms. The van der Waals surface area contributed by atoms with Crippen LogP contribution in [0.4, 0.5) is 0 Å². The minimum atomic E-state index is -0.0202. The molecule has 18 heavy (non-hydrogen) atoms. The van der Waals surface area contributed by atoms with E-state index in [2.05, 4.69) is 18.0 Å². The number of hydrogen-bond acceptors (Lipinski definition) is 3. The maximum atomic E-state index is 5.95. The average molecular weight is 245 g/mol. The fraction of sp³-hybridized carbons (Fsp3) is 0.357. The van der Waals surface area contributed by atoms with Crippen molar-refractivity contribution in [3.63, 3.8) is 0 Å². The second kappa shape index (κ2) is 5.69. The SMILES string of the molecule is Cc1ccc(OCCn2ccnc2)c([C@@H](C)N)c1. The minimum Gasteiger partial charge on any atom is -0.491 e. The van der Waals surface area contributed by atoms with E-state index >= 15 is 0 Å². The van der Waals surface area contributed by atoms with E-state index in [9.17, 15) is 0 Å². The van der Waals surface area contributed by atoms with Crippen LogP contribution in [0.1, 0.15) is 24.1 Å². The normalized spacial score (nSPS) is 12.4. The van der Waals surface area contributed by atoms with Gasteiger partial charge in [0.15, 0.2) is 0 Å². The first-order chi connectivity index (χ1) is 8.66. The van der Waals surface area contributed by atoms with Gasteiger partial charge in [-0.3, -0.25) is 0 Å². The summed E-state index contributed by atoms with van der Waals surface area (Å²) in [6, 6.07) is 6.09. The second-order valence-corrected chi connectivity index (χ2v) is 4.48. The number of benzene rings is 1. The van der Waals surface area contributed by atoms with Gasteiger partial charge in [0.25, 0.3) is 0 Å². The molecule has 0 aliphatic heterocycles. The Morgan fingerprint density at radius 3 is 2.94 bits per heavy atom. The summed E-state index contributed by atoms with van der Waals surface area (Å²) in [4.78, 5) is 3.99. The molecule has 0 bridgehead atoms. The van der Waals surface area contributed by atoms with Crippen molar-refractivity contribution in [3.05, 3.63) is 48.0 Å². The zero-order valence-corrected chi connectivity index (χ0v) is 10.8.